The minimum atomic E-state index is -1.07. The van der Waals surface area contributed by atoms with Crippen LogP contribution < -0.4 is 10.1 Å². The van der Waals surface area contributed by atoms with Crippen molar-refractivity contribution in [3.8, 4) is 5.75 Å². The number of aryl methyl sites for hydroxylation is 1. The minimum Gasteiger partial charge on any atom is -0.495 e. The number of nitrogens with zero attached hydrogens (tertiary/aromatic N) is 1. The van der Waals surface area contributed by atoms with Crippen LogP contribution in [0, 0.1) is 5.82 Å². The lowest BCUT2D eigenvalue weighted by atomic mass is 9.86. The Morgan fingerprint density at radius 1 is 1.29 bits per heavy atom. The second-order valence-corrected chi connectivity index (χ2v) is 7.79. The summed E-state index contributed by atoms with van der Waals surface area (Å²) in [6.45, 7) is -0.541. The molecule has 0 atom stereocenters. The molecule has 9 heteroatoms. The molecule has 2 N–H and O–H groups in total. The first kappa shape index (κ1) is 21.3. The number of aliphatic hydroxyl groups is 1. The quantitative estimate of drug-likeness (QED) is 0.568. The number of methoxy groups -OCH3 is 1. The zero-order valence-corrected chi connectivity index (χ0v) is 17.6. The number of benzene rings is 2. The third kappa shape index (κ3) is 3.46. The molecule has 0 saturated carbocycles. The van der Waals surface area contributed by atoms with Crippen LogP contribution in [-0.2, 0) is 17.3 Å². The van der Waals surface area contributed by atoms with E-state index < -0.39 is 29.7 Å². The van der Waals surface area contributed by atoms with Crippen LogP contribution in [0.15, 0.2) is 36.4 Å². The fraction of sp³-hybridized carbons (Fsp3) is 0.273. The first-order valence-corrected chi connectivity index (χ1v) is 9.85. The zero-order chi connectivity index (χ0) is 22.3. The number of ketones is 1. The summed E-state index contributed by atoms with van der Waals surface area (Å²) in [6, 6.07) is 9.09. The van der Waals surface area contributed by atoms with Gasteiger partial charge in [-0.2, -0.15) is 0 Å². The van der Waals surface area contributed by atoms with Gasteiger partial charge >= 0.3 is 0 Å². The summed E-state index contributed by atoms with van der Waals surface area (Å²) in [6.07, 6.45) is 0. The number of Topliss-reactive ketones (excluding diaryl/α,β-unsaturated/α-hetero) is 1. The maximum Gasteiger partial charge on any atom is 0.268 e. The molecule has 1 aliphatic heterocycles. The number of rotatable bonds is 6. The number of hydrogen-bond donors (Lipinski definition) is 2. The molecule has 0 radical (unpaired) electrons. The van der Waals surface area contributed by atoms with E-state index in [1.54, 1.807) is 29.8 Å². The van der Waals surface area contributed by atoms with Gasteiger partial charge in [0, 0.05) is 23.6 Å². The van der Waals surface area contributed by atoms with E-state index >= 15 is 0 Å². The molecule has 2 heterocycles. The van der Waals surface area contributed by atoms with Crippen molar-refractivity contribution in [1.82, 2.24) is 9.88 Å². The van der Waals surface area contributed by atoms with Gasteiger partial charge in [-0.1, -0.05) is 23.7 Å². The number of amides is 1. The minimum absolute atomic E-state index is 0.0581. The average molecular weight is 447 g/mol. The molecule has 162 valence electrons. The average Bonchev–Trinajstić information content (AvgIpc) is 3.08. The first-order valence-electron chi connectivity index (χ1n) is 9.47. The Morgan fingerprint density at radius 2 is 2.03 bits per heavy atom. The van der Waals surface area contributed by atoms with Crippen LogP contribution >= 0.6 is 11.6 Å². The third-order valence-corrected chi connectivity index (χ3v) is 5.97. The standard InChI is InChI=1S/C22H20ClFN2O5/c1-26-16-5-6-19(30-2)20(23)13(16)8-17(26)21(29)25-22(10-31-11-22)14-4-3-12(7-15(14)24)18(28)9-27/h3-8,27H,9-11H2,1-2H3,(H,25,29). The van der Waals surface area contributed by atoms with Gasteiger partial charge in [0.15, 0.2) is 5.78 Å². The molecule has 1 saturated heterocycles. The number of halogens is 2. The monoisotopic (exact) mass is 446 g/mol. The van der Waals surface area contributed by atoms with Crippen LogP contribution in [0.3, 0.4) is 0 Å². The fourth-order valence-electron chi connectivity index (χ4n) is 3.78. The van der Waals surface area contributed by atoms with Crippen molar-refractivity contribution in [3.63, 3.8) is 0 Å². The second-order valence-electron chi connectivity index (χ2n) is 7.41. The van der Waals surface area contributed by atoms with E-state index in [1.165, 1.54) is 19.2 Å². The third-order valence-electron chi connectivity index (χ3n) is 5.58. The molecule has 0 unspecified atom stereocenters. The van der Waals surface area contributed by atoms with Gasteiger partial charge in [0.2, 0.25) is 0 Å². The summed E-state index contributed by atoms with van der Waals surface area (Å²) in [4.78, 5) is 24.8. The Kier molecular flexibility index (Phi) is 5.47. The molecule has 3 aromatic rings. The van der Waals surface area contributed by atoms with E-state index in [9.17, 15) is 14.0 Å². The number of carbonyl (C=O) groups excluding carboxylic acids is 2. The number of carbonyl (C=O) groups is 2. The lowest BCUT2D eigenvalue weighted by Crippen LogP contribution is -2.60. The summed E-state index contributed by atoms with van der Waals surface area (Å²) in [5.41, 5.74) is 0.277. The van der Waals surface area contributed by atoms with Crippen LogP contribution in [0.25, 0.3) is 10.9 Å². The highest BCUT2D eigenvalue weighted by Crippen LogP contribution is 2.36. The number of aliphatic hydroxyl groups excluding tert-OH is 1. The Bertz CT molecular complexity index is 1200. The number of hydrogen-bond acceptors (Lipinski definition) is 5. The highest BCUT2D eigenvalue weighted by Gasteiger charge is 2.44. The van der Waals surface area contributed by atoms with Gasteiger partial charge in [-0.15, -0.1) is 0 Å². The summed E-state index contributed by atoms with van der Waals surface area (Å²) >= 11 is 6.39. The highest BCUT2D eigenvalue weighted by molar-refractivity contribution is 6.37. The topological polar surface area (TPSA) is 89.8 Å². The van der Waals surface area contributed by atoms with Crippen LogP contribution in [0.5, 0.6) is 5.75 Å². The van der Waals surface area contributed by atoms with Gasteiger partial charge < -0.3 is 24.5 Å². The molecular weight excluding hydrogens is 427 g/mol. The van der Waals surface area contributed by atoms with Crippen LogP contribution in [0.4, 0.5) is 4.39 Å². The molecule has 4 rings (SSSR count). The van der Waals surface area contributed by atoms with Crippen molar-refractivity contribution in [2.24, 2.45) is 7.05 Å². The van der Waals surface area contributed by atoms with Crippen molar-refractivity contribution in [1.29, 1.82) is 0 Å². The number of nitrogens with one attached hydrogen (secondary N) is 1. The Morgan fingerprint density at radius 3 is 2.61 bits per heavy atom. The summed E-state index contributed by atoms with van der Waals surface area (Å²) in [5, 5.41) is 12.9. The Hall–Kier alpha value is -2.94. The zero-order valence-electron chi connectivity index (χ0n) is 16.9. The van der Waals surface area contributed by atoms with E-state index in [-0.39, 0.29) is 24.3 Å². The van der Waals surface area contributed by atoms with E-state index in [2.05, 4.69) is 5.32 Å². The van der Waals surface area contributed by atoms with Gasteiger partial charge in [-0.3, -0.25) is 9.59 Å². The molecule has 0 bridgehead atoms. The molecule has 1 fully saturated rings. The van der Waals surface area contributed by atoms with Crippen LogP contribution in [0.2, 0.25) is 5.02 Å². The van der Waals surface area contributed by atoms with Crippen molar-refractivity contribution in [2.45, 2.75) is 5.54 Å². The van der Waals surface area contributed by atoms with E-state index in [0.717, 1.165) is 11.6 Å². The SMILES string of the molecule is COc1ccc2c(cc(C(=O)NC3(c4ccc(C(=O)CO)cc4F)COC3)n2C)c1Cl. The van der Waals surface area contributed by atoms with Gasteiger partial charge in [-0.25, -0.2) is 4.39 Å². The lowest BCUT2D eigenvalue weighted by molar-refractivity contribution is -0.0750. The maximum atomic E-state index is 14.8. The molecular formula is C22H20ClFN2O5. The Labute approximate surface area is 182 Å². The molecule has 1 aromatic heterocycles. The maximum absolute atomic E-state index is 14.8. The summed E-state index contributed by atoms with van der Waals surface area (Å²) < 4.78 is 27.0. The molecule has 0 spiro atoms. The number of ether oxygens (including phenoxy) is 2. The molecule has 1 amide bonds. The van der Waals surface area contributed by atoms with Crippen LogP contribution in [0.1, 0.15) is 26.4 Å². The van der Waals surface area contributed by atoms with E-state index in [1.807, 2.05) is 0 Å². The Balaban J connectivity index is 1.68. The summed E-state index contributed by atoms with van der Waals surface area (Å²) in [5.74, 6) is -1.17. The normalized spacial score (nSPS) is 14.9. The second kappa shape index (κ2) is 7.96. The predicted octanol–water partition coefficient (Wildman–Crippen LogP) is 2.81. The van der Waals surface area contributed by atoms with E-state index in [4.69, 9.17) is 26.2 Å². The molecule has 0 aliphatic carbocycles. The smallest absolute Gasteiger partial charge is 0.268 e. The largest absolute Gasteiger partial charge is 0.495 e. The highest BCUT2D eigenvalue weighted by atomic mass is 35.5. The molecule has 7 nitrogen and oxygen atoms in total. The van der Waals surface area contributed by atoms with Gasteiger partial charge in [0.1, 0.15) is 29.4 Å². The molecule has 2 aromatic carbocycles. The summed E-state index contributed by atoms with van der Waals surface area (Å²) in [7, 11) is 3.25. The van der Waals surface area contributed by atoms with Crippen LogP contribution in [-0.4, -0.2) is 48.3 Å². The van der Waals surface area contributed by atoms with Gasteiger partial charge in [0.05, 0.1) is 30.9 Å². The first-order chi connectivity index (χ1) is 14.8. The van der Waals surface area contributed by atoms with Crippen molar-refractivity contribution in [3.05, 3.63) is 64.1 Å². The fourth-order valence-corrected chi connectivity index (χ4v) is 4.07. The molecule has 1 aliphatic rings. The van der Waals surface area contributed by atoms with Gasteiger partial charge in [-0.05, 0) is 24.3 Å². The number of fused-ring (bicyclic) bond motifs is 1. The number of aromatic nitrogens is 1. The predicted molar refractivity (Wildman–Crippen MR) is 112 cm³/mol. The van der Waals surface area contributed by atoms with E-state index in [0.29, 0.717) is 21.9 Å². The molecule has 31 heavy (non-hydrogen) atoms. The van der Waals surface area contributed by atoms with Crippen molar-refractivity contribution < 1.29 is 28.6 Å². The van der Waals surface area contributed by atoms with Gasteiger partial charge in [0.25, 0.3) is 5.91 Å². The van der Waals surface area contributed by atoms with Crippen molar-refractivity contribution in [2.75, 3.05) is 26.9 Å². The van der Waals surface area contributed by atoms with Crippen molar-refractivity contribution >= 4 is 34.2 Å². The lowest BCUT2D eigenvalue weighted by Gasteiger charge is -2.42.